The Balaban J connectivity index is 1.65. The van der Waals surface area contributed by atoms with E-state index in [4.69, 9.17) is 11.6 Å². The van der Waals surface area contributed by atoms with Crippen molar-refractivity contribution in [3.8, 4) is 0 Å². The fraction of sp³-hybridized carbons (Fsp3) is 0.143. The maximum absolute atomic E-state index is 12.3. The van der Waals surface area contributed by atoms with Crippen LogP contribution in [0.15, 0.2) is 66.9 Å². The summed E-state index contributed by atoms with van der Waals surface area (Å²) in [7, 11) is 0. The summed E-state index contributed by atoms with van der Waals surface area (Å²) in [5.74, 6) is 0.948. The zero-order valence-corrected chi connectivity index (χ0v) is 15.4. The molecule has 0 unspecified atom stereocenters. The molecule has 26 heavy (non-hydrogen) atoms. The number of halogens is 1. The molecule has 2 aromatic carbocycles. The molecule has 132 valence electrons. The second kappa shape index (κ2) is 8.02. The molecule has 4 nitrogen and oxygen atoms in total. The van der Waals surface area contributed by atoms with Crippen LogP contribution >= 0.6 is 11.6 Å². The van der Waals surface area contributed by atoms with Crippen LogP contribution in [0.2, 0.25) is 5.02 Å². The Kier molecular flexibility index (Phi) is 5.54. The van der Waals surface area contributed by atoms with Crippen LogP contribution in [0.3, 0.4) is 0 Å². The van der Waals surface area contributed by atoms with E-state index in [2.05, 4.69) is 41.6 Å². The molecule has 0 saturated heterocycles. The van der Waals surface area contributed by atoms with Crippen molar-refractivity contribution in [2.45, 2.75) is 19.8 Å². The summed E-state index contributed by atoms with van der Waals surface area (Å²) < 4.78 is 0. The number of hydrogen-bond donors (Lipinski definition) is 2. The quantitative estimate of drug-likeness (QED) is 0.595. The normalized spacial score (nSPS) is 10.6. The smallest absolute Gasteiger partial charge is 0.257 e. The summed E-state index contributed by atoms with van der Waals surface area (Å²) in [6.07, 6.45) is 1.61. The van der Waals surface area contributed by atoms with Gasteiger partial charge in [0.1, 0.15) is 5.82 Å². The number of aromatic nitrogens is 1. The fourth-order valence-electron chi connectivity index (χ4n) is 2.48. The van der Waals surface area contributed by atoms with Gasteiger partial charge in [-0.3, -0.25) is 4.79 Å². The first kappa shape index (κ1) is 18.0. The van der Waals surface area contributed by atoms with Gasteiger partial charge < -0.3 is 10.6 Å². The summed E-state index contributed by atoms with van der Waals surface area (Å²) in [4.78, 5) is 16.6. The number of nitrogens with zero attached hydrogens (tertiary/aromatic N) is 1. The van der Waals surface area contributed by atoms with Gasteiger partial charge in [0.2, 0.25) is 0 Å². The van der Waals surface area contributed by atoms with Crippen LogP contribution in [0, 0.1) is 0 Å². The highest BCUT2D eigenvalue weighted by Gasteiger charge is 2.10. The van der Waals surface area contributed by atoms with E-state index in [-0.39, 0.29) is 5.91 Å². The lowest BCUT2D eigenvalue weighted by Gasteiger charge is -2.10. The highest BCUT2D eigenvalue weighted by Crippen LogP contribution is 2.21. The Bertz CT molecular complexity index is 890. The van der Waals surface area contributed by atoms with Crippen LogP contribution in [0.1, 0.15) is 35.7 Å². The number of carbonyl (C=O) groups excluding carboxylic acids is 1. The minimum Gasteiger partial charge on any atom is -0.340 e. The Morgan fingerprint density at radius 1 is 0.962 bits per heavy atom. The van der Waals surface area contributed by atoms with Gasteiger partial charge in [0.05, 0.1) is 22.5 Å². The molecular formula is C21H20ClN3O. The zero-order valence-electron chi connectivity index (χ0n) is 14.7. The lowest BCUT2D eigenvalue weighted by atomic mass is 10.0. The van der Waals surface area contributed by atoms with Gasteiger partial charge >= 0.3 is 0 Å². The van der Waals surface area contributed by atoms with Crippen molar-refractivity contribution in [2.75, 3.05) is 10.6 Å². The Morgan fingerprint density at radius 3 is 2.27 bits per heavy atom. The highest BCUT2D eigenvalue weighted by molar-refractivity contribution is 6.34. The largest absolute Gasteiger partial charge is 0.340 e. The van der Waals surface area contributed by atoms with E-state index in [0.717, 1.165) is 5.69 Å². The predicted octanol–water partition coefficient (Wildman–Crippen LogP) is 5.85. The van der Waals surface area contributed by atoms with Gasteiger partial charge in [-0.2, -0.15) is 0 Å². The predicted molar refractivity (Wildman–Crippen MR) is 107 cm³/mol. The minimum atomic E-state index is -0.262. The van der Waals surface area contributed by atoms with Crippen LogP contribution in [0.4, 0.5) is 17.2 Å². The molecule has 3 aromatic rings. The second-order valence-corrected chi connectivity index (χ2v) is 6.67. The summed E-state index contributed by atoms with van der Waals surface area (Å²) in [5.41, 5.74) is 3.30. The van der Waals surface area contributed by atoms with E-state index >= 15 is 0 Å². The molecule has 0 bridgehead atoms. The molecule has 0 aliphatic heterocycles. The van der Waals surface area contributed by atoms with Crippen LogP contribution in [-0.4, -0.2) is 10.9 Å². The summed E-state index contributed by atoms with van der Waals surface area (Å²) in [6, 6.07) is 18.8. The van der Waals surface area contributed by atoms with E-state index < -0.39 is 0 Å². The fourth-order valence-corrected chi connectivity index (χ4v) is 2.71. The molecule has 2 N–H and O–H groups in total. The number of rotatable bonds is 5. The van der Waals surface area contributed by atoms with Gasteiger partial charge in [-0.25, -0.2) is 4.98 Å². The third kappa shape index (κ3) is 4.41. The zero-order chi connectivity index (χ0) is 18.5. The maximum atomic E-state index is 12.3. The molecular weight excluding hydrogens is 346 g/mol. The molecule has 0 spiro atoms. The van der Waals surface area contributed by atoms with Gasteiger partial charge in [-0.1, -0.05) is 49.7 Å². The van der Waals surface area contributed by atoms with E-state index in [1.165, 1.54) is 5.56 Å². The Morgan fingerprint density at radius 2 is 1.65 bits per heavy atom. The van der Waals surface area contributed by atoms with Crippen molar-refractivity contribution < 1.29 is 4.79 Å². The third-order valence-electron chi connectivity index (χ3n) is 3.99. The van der Waals surface area contributed by atoms with Crippen LogP contribution in [0.5, 0.6) is 0 Å². The number of pyridine rings is 1. The number of benzene rings is 2. The standard InChI is InChI=1S/C21H20ClN3O/c1-14(2)15-7-9-16(10-8-15)24-20-12-11-17(13-23-20)25-21(26)18-5-3-4-6-19(18)22/h3-14H,1-2H3,(H,23,24)(H,25,26). The average Bonchev–Trinajstić information content (AvgIpc) is 2.64. The Hall–Kier alpha value is -2.85. The number of amides is 1. The summed E-state index contributed by atoms with van der Waals surface area (Å²) >= 11 is 6.04. The number of hydrogen-bond acceptors (Lipinski definition) is 3. The van der Waals surface area contributed by atoms with Gasteiger partial charge in [-0.05, 0) is 47.9 Å². The van der Waals surface area contributed by atoms with Gasteiger partial charge in [-0.15, -0.1) is 0 Å². The van der Waals surface area contributed by atoms with Crippen molar-refractivity contribution in [2.24, 2.45) is 0 Å². The molecule has 0 radical (unpaired) electrons. The van der Waals surface area contributed by atoms with Crippen LogP contribution in [-0.2, 0) is 0 Å². The van der Waals surface area contributed by atoms with Gasteiger partial charge in [0.25, 0.3) is 5.91 Å². The van der Waals surface area contributed by atoms with Crippen LogP contribution in [0.25, 0.3) is 0 Å². The molecule has 0 aliphatic carbocycles. The summed E-state index contributed by atoms with van der Waals surface area (Å²) in [5, 5.41) is 6.46. The second-order valence-electron chi connectivity index (χ2n) is 6.27. The van der Waals surface area contributed by atoms with Crippen molar-refractivity contribution in [1.82, 2.24) is 4.98 Å². The number of anilines is 3. The SMILES string of the molecule is CC(C)c1ccc(Nc2ccc(NC(=O)c3ccccc3Cl)cn2)cc1. The van der Waals surface area contributed by atoms with E-state index in [1.54, 1.807) is 36.5 Å². The average molecular weight is 366 g/mol. The molecule has 0 aliphatic rings. The van der Waals surface area contributed by atoms with E-state index in [0.29, 0.717) is 28.0 Å². The molecule has 0 fully saturated rings. The monoisotopic (exact) mass is 365 g/mol. The van der Waals surface area contributed by atoms with E-state index in [1.807, 2.05) is 18.2 Å². The molecule has 0 atom stereocenters. The van der Waals surface area contributed by atoms with Gasteiger partial charge in [0.15, 0.2) is 0 Å². The lowest BCUT2D eigenvalue weighted by Crippen LogP contribution is -2.12. The molecule has 3 rings (SSSR count). The van der Waals surface area contributed by atoms with Crippen molar-refractivity contribution in [3.05, 3.63) is 83.0 Å². The molecule has 1 aromatic heterocycles. The lowest BCUT2D eigenvalue weighted by molar-refractivity contribution is 0.102. The maximum Gasteiger partial charge on any atom is 0.257 e. The minimum absolute atomic E-state index is 0.262. The highest BCUT2D eigenvalue weighted by atomic mass is 35.5. The molecule has 1 amide bonds. The van der Waals surface area contributed by atoms with E-state index in [9.17, 15) is 4.79 Å². The van der Waals surface area contributed by atoms with Gasteiger partial charge in [0, 0.05) is 5.69 Å². The number of nitrogens with one attached hydrogen (secondary N) is 2. The van der Waals surface area contributed by atoms with Crippen molar-refractivity contribution in [1.29, 1.82) is 0 Å². The third-order valence-corrected chi connectivity index (χ3v) is 4.32. The van der Waals surface area contributed by atoms with Crippen molar-refractivity contribution in [3.63, 3.8) is 0 Å². The topological polar surface area (TPSA) is 54.0 Å². The first-order valence-electron chi connectivity index (χ1n) is 8.42. The molecule has 5 heteroatoms. The molecule has 0 saturated carbocycles. The first-order valence-corrected chi connectivity index (χ1v) is 8.79. The number of carbonyl (C=O) groups is 1. The van der Waals surface area contributed by atoms with Crippen LogP contribution < -0.4 is 10.6 Å². The van der Waals surface area contributed by atoms with Crippen molar-refractivity contribution >= 4 is 34.7 Å². The summed E-state index contributed by atoms with van der Waals surface area (Å²) in [6.45, 7) is 4.33. The molecule has 1 heterocycles. The first-order chi connectivity index (χ1) is 12.5. The Labute approximate surface area is 158 Å².